The van der Waals surface area contributed by atoms with Crippen molar-refractivity contribution in [3.8, 4) is 0 Å². The lowest BCUT2D eigenvalue weighted by atomic mass is 10.0. The zero-order valence-corrected chi connectivity index (χ0v) is 40.5. The van der Waals surface area contributed by atoms with Crippen LogP contribution in [0.4, 0.5) is 0 Å². The molecule has 0 aromatic rings. The molecule has 0 aliphatic rings. The van der Waals surface area contributed by atoms with Gasteiger partial charge in [-0.05, 0) is 12.8 Å². The molecule has 0 rings (SSSR count). The summed E-state index contributed by atoms with van der Waals surface area (Å²) in [6.07, 6.45) is 47.0. The Hall–Kier alpha value is -0.500. The molecule has 0 aliphatic heterocycles. The number of nitrogens with zero attached hydrogens (tertiary/aromatic N) is 1. The number of carbonyl (C=O) groups excluding carboxylic acids is 1. The fourth-order valence-corrected chi connectivity index (χ4v) is 8.55. The molecule has 0 spiro atoms. The average molecular weight is 846 g/mol. The third kappa shape index (κ3) is 43.6. The van der Waals surface area contributed by atoms with Crippen LogP contribution in [0.15, 0.2) is 0 Å². The maximum Gasteiger partial charge on any atom is 0.472 e. The van der Waals surface area contributed by atoms with Crippen LogP contribution in [0.1, 0.15) is 258 Å². The molecule has 0 aromatic heterocycles. The molecule has 8 nitrogen and oxygen atoms in total. The molecule has 0 heterocycles. The zero-order valence-electron chi connectivity index (χ0n) is 39.6. The molecule has 0 saturated carbocycles. The Morgan fingerprint density at radius 3 is 1.16 bits per heavy atom. The van der Waals surface area contributed by atoms with Gasteiger partial charge in [0.2, 0.25) is 5.91 Å². The monoisotopic (exact) mass is 846 g/mol. The highest BCUT2D eigenvalue weighted by Crippen LogP contribution is 2.43. The standard InChI is InChI=1S/C49H101N2O6P/c1-6-8-10-12-14-16-18-20-22-24-25-27-29-31-33-35-37-39-41-43-49(53)50-47(46-57-58(54,55)56-45-44-51(3,4)5)48(52)42-40-38-36-34-32-30-28-26-23-21-19-17-15-13-11-9-7-2/h47-48,52H,6-46H2,1-5H3,(H-,50,53,54,55)/p+1. The van der Waals surface area contributed by atoms with E-state index in [-0.39, 0.29) is 19.1 Å². The third-order valence-electron chi connectivity index (χ3n) is 11.9. The molecular formula is C49H102N2O6P+. The Bertz CT molecular complexity index is 916. The summed E-state index contributed by atoms with van der Waals surface area (Å²) in [6, 6.07) is -0.753. The molecule has 0 aliphatic carbocycles. The average Bonchev–Trinajstić information content (AvgIpc) is 3.17. The molecule has 0 bridgehead atoms. The van der Waals surface area contributed by atoms with Crippen molar-refractivity contribution in [2.75, 3.05) is 40.9 Å². The van der Waals surface area contributed by atoms with Crippen LogP contribution in [0.25, 0.3) is 0 Å². The van der Waals surface area contributed by atoms with Gasteiger partial charge < -0.3 is 19.8 Å². The van der Waals surface area contributed by atoms with Gasteiger partial charge in [-0.1, -0.05) is 239 Å². The van der Waals surface area contributed by atoms with Gasteiger partial charge in [0.1, 0.15) is 13.2 Å². The molecule has 1 amide bonds. The molecule has 3 N–H and O–H groups in total. The van der Waals surface area contributed by atoms with E-state index < -0.39 is 20.0 Å². The number of hydrogen-bond acceptors (Lipinski definition) is 5. The second-order valence-corrected chi connectivity index (χ2v) is 20.4. The molecule has 0 fully saturated rings. The number of likely N-dealkylation sites (N-methyl/N-ethyl adjacent to an activating group) is 1. The Morgan fingerprint density at radius 1 is 0.517 bits per heavy atom. The second kappa shape index (κ2) is 41.8. The van der Waals surface area contributed by atoms with Crippen LogP contribution in [0.5, 0.6) is 0 Å². The van der Waals surface area contributed by atoms with E-state index in [1.807, 2.05) is 21.1 Å². The van der Waals surface area contributed by atoms with E-state index in [2.05, 4.69) is 19.2 Å². The minimum absolute atomic E-state index is 0.0789. The van der Waals surface area contributed by atoms with Gasteiger partial charge in [0.15, 0.2) is 0 Å². The van der Waals surface area contributed by atoms with E-state index in [0.717, 1.165) is 38.5 Å². The number of quaternary nitrogens is 1. The van der Waals surface area contributed by atoms with Crippen molar-refractivity contribution in [2.45, 2.75) is 270 Å². The van der Waals surface area contributed by atoms with E-state index in [9.17, 15) is 19.4 Å². The van der Waals surface area contributed by atoms with E-state index in [1.165, 1.54) is 193 Å². The van der Waals surface area contributed by atoms with Crippen LogP contribution in [0, 0.1) is 0 Å². The van der Waals surface area contributed by atoms with Gasteiger partial charge in [-0.25, -0.2) is 4.57 Å². The Labute approximate surface area is 361 Å². The number of unbranched alkanes of at least 4 members (excludes halogenated alkanes) is 34. The van der Waals surface area contributed by atoms with Gasteiger partial charge in [0.25, 0.3) is 0 Å². The van der Waals surface area contributed by atoms with Crippen molar-refractivity contribution in [1.29, 1.82) is 0 Å². The van der Waals surface area contributed by atoms with E-state index >= 15 is 0 Å². The number of hydrogen-bond donors (Lipinski definition) is 3. The molecular weight excluding hydrogens is 744 g/mol. The van der Waals surface area contributed by atoms with Gasteiger partial charge in [-0.2, -0.15) is 0 Å². The molecule has 0 radical (unpaired) electrons. The van der Waals surface area contributed by atoms with Crippen molar-refractivity contribution in [2.24, 2.45) is 0 Å². The minimum atomic E-state index is -4.31. The van der Waals surface area contributed by atoms with Crippen LogP contribution in [0.3, 0.4) is 0 Å². The minimum Gasteiger partial charge on any atom is -0.391 e. The number of amides is 1. The summed E-state index contributed by atoms with van der Waals surface area (Å²) in [5.74, 6) is -0.138. The van der Waals surface area contributed by atoms with Gasteiger partial charge in [-0.15, -0.1) is 0 Å². The quantitative estimate of drug-likeness (QED) is 0.0320. The molecule has 3 atom stereocenters. The van der Waals surface area contributed by atoms with Crippen molar-refractivity contribution in [3.63, 3.8) is 0 Å². The maximum absolute atomic E-state index is 12.9. The predicted octanol–water partition coefficient (Wildman–Crippen LogP) is 14.5. The first-order chi connectivity index (χ1) is 28.0. The lowest BCUT2D eigenvalue weighted by molar-refractivity contribution is -0.870. The third-order valence-corrected chi connectivity index (χ3v) is 12.8. The first kappa shape index (κ1) is 57.5. The number of phosphoric ester groups is 1. The van der Waals surface area contributed by atoms with Crippen LogP contribution < -0.4 is 5.32 Å². The molecule has 348 valence electrons. The largest absolute Gasteiger partial charge is 0.472 e. The lowest BCUT2D eigenvalue weighted by Crippen LogP contribution is -2.46. The van der Waals surface area contributed by atoms with Crippen LogP contribution in [-0.2, 0) is 18.4 Å². The number of carbonyl (C=O) groups is 1. The molecule has 0 aromatic carbocycles. The van der Waals surface area contributed by atoms with Gasteiger partial charge >= 0.3 is 7.82 Å². The highest BCUT2D eigenvalue weighted by Gasteiger charge is 2.28. The first-order valence-electron chi connectivity index (χ1n) is 25.4. The van der Waals surface area contributed by atoms with Crippen molar-refractivity contribution in [3.05, 3.63) is 0 Å². The molecule has 3 unspecified atom stereocenters. The Balaban J connectivity index is 4.23. The fraction of sp³-hybridized carbons (Fsp3) is 0.980. The number of nitrogens with one attached hydrogen (secondary N) is 1. The summed E-state index contributed by atoms with van der Waals surface area (Å²) < 4.78 is 23.7. The second-order valence-electron chi connectivity index (χ2n) is 18.9. The normalized spacial score (nSPS) is 14.1. The van der Waals surface area contributed by atoms with Crippen LogP contribution in [-0.4, -0.2) is 73.4 Å². The van der Waals surface area contributed by atoms with E-state index in [1.54, 1.807) is 0 Å². The number of rotatable bonds is 47. The lowest BCUT2D eigenvalue weighted by Gasteiger charge is -2.26. The van der Waals surface area contributed by atoms with Crippen molar-refractivity contribution < 1.29 is 32.9 Å². The summed E-state index contributed by atoms with van der Waals surface area (Å²) in [6.45, 7) is 4.93. The van der Waals surface area contributed by atoms with E-state index in [4.69, 9.17) is 9.05 Å². The van der Waals surface area contributed by atoms with Crippen molar-refractivity contribution >= 4 is 13.7 Å². The highest BCUT2D eigenvalue weighted by atomic mass is 31.2. The summed E-state index contributed by atoms with van der Waals surface area (Å²) in [7, 11) is 1.63. The molecule has 9 heteroatoms. The summed E-state index contributed by atoms with van der Waals surface area (Å²) >= 11 is 0. The maximum atomic E-state index is 12.9. The first-order valence-corrected chi connectivity index (χ1v) is 26.9. The van der Waals surface area contributed by atoms with Gasteiger partial charge in [0.05, 0.1) is 39.9 Å². The molecule has 58 heavy (non-hydrogen) atoms. The Kier molecular flexibility index (Phi) is 41.5. The predicted molar refractivity (Wildman–Crippen MR) is 249 cm³/mol. The summed E-state index contributed by atoms with van der Waals surface area (Å²) in [5.41, 5.74) is 0. The van der Waals surface area contributed by atoms with Gasteiger partial charge in [-0.3, -0.25) is 13.8 Å². The van der Waals surface area contributed by atoms with E-state index in [0.29, 0.717) is 23.9 Å². The highest BCUT2D eigenvalue weighted by molar-refractivity contribution is 7.47. The topological polar surface area (TPSA) is 105 Å². The van der Waals surface area contributed by atoms with Crippen LogP contribution in [0.2, 0.25) is 0 Å². The number of aliphatic hydroxyl groups is 1. The van der Waals surface area contributed by atoms with Crippen LogP contribution >= 0.6 is 7.82 Å². The van der Waals surface area contributed by atoms with Gasteiger partial charge in [0, 0.05) is 6.42 Å². The smallest absolute Gasteiger partial charge is 0.391 e. The molecule has 0 saturated heterocycles. The SMILES string of the molecule is CCCCCCCCCCCCCCCCCCCCCC(=O)NC(COP(=O)(O)OCC[N+](C)(C)C)C(O)CCCCCCCCCCCCCCCCCCC. The summed E-state index contributed by atoms with van der Waals surface area (Å²) in [5, 5.41) is 14.0. The van der Waals surface area contributed by atoms with Crippen molar-refractivity contribution in [1.82, 2.24) is 5.32 Å². The summed E-state index contributed by atoms with van der Waals surface area (Å²) in [4.78, 5) is 23.2. The Morgan fingerprint density at radius 2 is 0.828 bits per heavy atom. The zero-order chi connectivity index (χ0) is 42.8. The fourth-order valence-electron chi connectivity index (χ4n) is 7.81. The number of phosphoric acid groups is 1. The number of aliphatic hydroxyl groups excluding tert-OH is 1.